The van der Waals surface area contributed by atoms with Crippen molar-refractivity contribution >= 4 is 21.7 Å². The van der Waals surface area contributed by atoms with Crippen molar-refractivity contribution in [2.45, 2.75) is 13.8 Å². The molecule has 3 aromatic heterocycles. The molecule has 0 N–H and O–H groups in total. The highest BCUT2D eigenvalue weighted by Crippen LogP contribution is 2.14. The van der Waals surface area contributed by atoms with E-state index in [4.69, 9.17) is 8.83 Å². The molecule has 0 aliphatic carbocycles. The third-order valence-electron chi connectivity index (χ3n) is 2.39. The molecule has 0 fully saturated rings. The Hall–Kier alpha value is -2.15. The molecule has 0 radical (unpaired) electrons. The lowest BCUT2D eigenvalue weighted by Gasteiger charge is -1.93. The van der Waals surface area contributed by atoms with E-state index in [0.717, 1.165) is 4.47 Å². The molecule has 0 aliphatic rings. The fourth-order valence-electron chi connectivity index (χ4n) is 1.39. The summed E-state index contributed by atoms with van der Waals surface area (Å²) in [5.74, 6) is 0.0738. The summed E-state index contributed by atoms with van der Waals surface area (Å²) in [7, 11) is 0. The van der Waals surface area contributed by atoms with E-state index in [1.54, 1.807) is 26.4 Å². The monoisotopic (exact) mass is 338 g/mol. The van der Waals surface area contributed by atoms with E-state index in [-0.39, 0.29) is 17.3 Å². The van der Waals surface area contributed by atoms with E-state index in [9.17, 15) is 4.79 Å². The minimum atomic E-state index is -0.324. The molecule has 20 heavy (non-hydrogen) atoms. The summed E-state index contributed by atoms with van der Waals surface area (Å²) in [4.78, 5) is 19.4. The Balaban J connectivity index is 0.000000205. The normalized spacial score (nSPS) is 9.95. The van der Waals surface area contributed by atoms with Crippen LogP contribution in [0.3, 0.4) is 0 Å². The van der Waals surface area contributed by atoms with E-state index in [1.165, 1.54) is 12.8 Å². The number of aryl methyl sites for hydroxylation is 2. The molecule has 0 unspecified atom stereocenters. The summed E-state index contributed by atoms with van der Waals surface area (Å²) in [6, 6.07) is 1.83. The Morgan fingerprint density at radius 1 is 1.10 bits per heavy atom. The molecular formula is C13H11BrN2O4. The molecule has 3 aromatic rings. The standard InChI is InChI=1S/C9H8N2O3.C4H3BrO/c1-5-8(13-3-10-5)7(12)9-6(2)11-4-14-9;5-4-1-2-6-3-4/h3-4H,1-2H3;1-3H. The zero-order valence-corrected chi connectivity index (χ0v) is 12.4. The summed E-state index contributed by atoms with van der Waals surface area (Å²) in [6.45, 7) is 3.39. The Morgan fingerprint density at radius 2 is 1.65 bits per heavy atom. The molecular weight excluding hydrogens is 328 g/mol. The summed E-state index contributed by atoms with van der Waals surface area (Å²) in [5.41, 5.74) is 1.09. The molecule has 7 heteroatoms. The molecule has 3 rings (SSSR count). The van der Waals surface area contributed by atoms with Gasteiger partial charge in [-0.15, -0.1) is 0 Å². The fraction of sp³-hybridized carbons (Fsp3) is 0.154. The Bertz CT molecular complexity index is 643. The van der Waals surface area contributed by atoms with Crippen LogP contribution in [0.5, 0.6) is 0 Å². The molecule has 0 spiro atoms. The predicted molar refractivity (Wildman–Crippen MR) is 72.3 cm³/mol. The first-order valence-corrected chi connectivity index (χ1v) is 6.41. The molecule has 0 atom stereocenters. The van der Waals surface area contributed by atoms with Gasteiger partial charge in [0, 0.05) is 0 Å². The van der Waals surface area contributed by atoms with E-state index in [1.807, 2.05) is 6.07 Å². The van der Waals surface area contributed by atoms with E-state index >= 15 is 0 Å². The highest BCUT2D eigenvalue weighted by atomic mass is 79.9. The smallest absolute Gasteiger partial charge is 0.267 e. The van der Waals surface area contributed by atoms with E-state index in [0.29, 0.717) is 11.4 Å². The van der Waals surface area contributed by atoms with Gasteiger partial charge in [-0.3, -0.25) is 4.79 Å². The van der Waals surface area contributed by atoms with Crippen molar-refractivity contribution in [3.63, 3.8) is 0 Å². The maximum absolute atomic E-state index is 11.7. The van der Waals surface area contributed by atoms with Crippen LogP contribution in [0.25, 0.3) is 0 Å². The quantitative estimate of drug-likeness (QED) is 0.664. The first-order chi connectivity index (χ1) is 9.59. The number of carbonyl (C=O) groups excluding carboxylic acids is 1. The summed E-state index contributed by atoms with van der Waals surface area (Å²) in [6.07, 6.45) is 5.70. The van der Waals surface area contributed by atoms with Crippen LogP contribution < -0.4 is 0 Å². The van der Waals surface area contributed by atoms with Gasteiger partial charge < -0.3 is 13.3 Å². The molecule has 0 amide bonds. The van der Waals surface area contributed by atoms with Gasteiger partial charge in [-0.05, 0) is 35.8 Å². The number of hydrogen-bond donors (Lipinski definition) is 0. The van der Waals surface area contributed by atoms with Gasteiger partial charge in [-0.25, -0.2) is 9.97 Å². The number of ketones is 1. The molecule has 0 bridgehead atoms. The van der Waals surface area contributed by atoms with E-state index < -0.39 is 0 Å². The number of furan rings is 1. The van der Waals surface area contributed by atoms with Crippen molar-refractivity contribution in [3.8, 4) is 0 Å². The first kappa shape index (κ1) is 14.3. The molecule has 3 heterocycles. The van der Waals surface area contributed by atoms with Crippen molar-refractivity contribution in [3.05, 3.63) is 58.8 Å². The van der Waals surface area contributed by atoms with Crippen molar-refractivity contribution in [2.24, 2.45) is 0 Å². The lowest BCUT2D eigenvalue weighted by Crippen LogP contribution is -2.02. The number of hydrogen-bond acceptors (Lipinski definition) is 6. The third kappa shape index (κ3) is 3.24. The minimum Gasteiger partial charge on any atom is -0.471 e. The summed E-state index contributed by atoms with van der Waals surface area (Å²) < 4.78 is 15.6. The maximum Gasteiger partial charge on any atom is 0.267 e. The zero-order chi connectivity index (χ0) is 14.5. The van der Waals surface area contributed by atoms with Gasteiger partial charge in [0.1, 0.15) is 6.26 Å². The minimum absolute atomic E-state index is 0.199. The van der Waals surface area contributed by atoms with E-state index in [2.05, 4.69) is 30.3 Å². The Labute approximate surface area is 122 Å². The lowest BCUT2D eigenvalue weighted by atomic mass is 10.2. The Kier molecular flexibility index (Phi) is 4.52. The molecule has 6 nitrogen and oxygen atoms in total. The van der Waals surface area contributed by atoms with Crippen molar-refractivity contribution in [1.82, 2.24) is 9.97 Å². The van der Waals surface area contributed by atoms with Crippen molar-refractivity contribution in [2.75, 3.05) is 0 Å². The zero-order valence-electron chi connectivity index (χ0n) is 10.8. The molecule has 104 valence electrons. The average molecular weight is 339 g/mol. The van der Waals surface area contributed by atoms with Gasteiger partial charge in [0.15, 0.2) is 12.8 Å². The van der Waals surface area contributed by atoms with Gasteiger partial charge in [-0.2, -0.15) is 0 Å². The second-order valence-corrected chi connectivity index (χ2v) is 4.72. The molecule has 0 saturated heterocycles. The van der Waals surface area contributed by atoms with Crippen LogP contribution in [0.4, 0.5) is 0 Å². The van der Waals surface area contributed by atoms with Gasteiger partial charge in [0.05, 0.1) is 22.1 Å². The van der Waals surface area contributed by atoms with Gasteiger partial charge in [0.25, 0.3) is 5.78 Å². The average Bonchev–Trinajstić information content (AvgIpc) is 3.12. The second-order valence-electron chi connectivity index (χ2n) is 3.80. The maximum atomic E-state index is 11.7. The molecule has 0 aliphatic heterocycles. The van der Waals surface area contributed by atoms with Gasteiger partial charge >= 0.3 is 0 Å². The highest BCUT2D eigenvalue weighted by molar-refractivity contribution is 9.10. The van der Waals surface area contributed by atoms with Crippen LogP contribution in [0.15, 0.2) is 49.1 Å². The molecule has 0 saturated carbocycles. The largest absolute Gasteiger partial charge is 0.471 e. The highest BCUT2D eigenvalue weighted by Gasteiger charge is 2.21. The fourth-order valence-corrected chi connectivity index (χ4v) is 1.61. The van der Waals surface area contributed by atoms with Crippen LogP contribution in [-0.2, 0) is 0 Å². The van der Waals surface area contributed by atoms with Crippen LogP contribution >= 0.6 is 15.9 Å². The lowest BCUT2D eigenvalue weighted by molar-refractivity contribution is 0.0981. The summed E-state index contributed by atoms with van der Waals surface area (Å²) in [5, 5.41) is 0. The Morgan fingerprint density at radius 3 is 1.90 bits per heavy atom. The number of carbonyl (C=O) groups is 1. The predicted octanol–water partition coefficient (Wildman–Crippen LogP) is 3.55. The number of aromatic nitrogens is 2. The van der Waals surface area contributed by atoms with Crippen LogP contribution in [0, 0.1) is 13.8 Å². The topological polar surface area (TPSA) is 82.3 Å². The number of nitrogens with zero attached hydrogens (tertiary/aromatic N) is 2. The van der Waals surface area contributed by atoms with Crippen molar-refractivity contribution < 1.29 is 18.0 Å². The molecule has 0 aromatic carbocycles. The number of rotatable bonds is 2. The van der Waals surface area contributed by atoms with Crippen LogP contribution in [0.2, 0.25) is 0 Å². The number of oxazole rings is 2. The second kappa shape index (κ2) is 6.33. The first-order valence-electron chi connectivity index (χ1n) is 5.62. The van der Waals surface area contributed by atoms with Gasteiger partial charge in [-0.1, -0.05) is 0 Å². The summed E-state index contributed by atoms with van der Waals surface area (Å²) >= 11 is 3.19. The van der Waals surface area contributed by atoms with Crippen molar-refractivity contribution in [1.29, 1.82) is 0 Å². The van der Waals surface area contributed by atoms with Gasteiger partial charge in [0.2, 0.25) is 11.5 Å². The number of halogens is 1. The van der Waals surface area contributed by atoms with Crippen LogP contribution in [-0.4, -0.2) is 15.8 Å². The SMILES string of the molecule is Brc1ccoc1.Cc1ncoc1C(=O)c1ocnc1C. The third-order valence-corrected chi connectivity index (χ3v) is 2.84. The van der Waals surface area contributed by atoms with Crippen LogP contribution in [0.1, 0.15) is 27.7 Å².